The number of carbonyl (C=O) groups excluding carboxylic acids is 3. The summed E-state index contributed by atoms with van der Waals surface area (Å²) in [7, 11) is 0. The third-order valence-electron chi connectivity index (χ3n) is 5.61. The van der Waals surface area contributed by atoms with Gasteiger partial charge in [-0.05, 0) is 55.0 Å². The first-order valence-electron chi connectivity index (χ1n) is 11.1. The zero-order valence-corrected chi connectivity index (χ0v) is 19.0. The molecule has 0 spiro atoms. The number of hydrogen-bond donors (Lipinski definition) is 2. The van der Waals surface area contributed by atoms with E-state index in [1.54, 1.807) is 79.7 Å². The van der Waals surface area contributed by atoms with Crippen molar-refractivity contribution in [2.24, 2.45) is 0 Å². The van der Waals surface area contributed by atoms with Crippen molar-refractivity contribution >= 4 is 29.0 Å². The second kappa shape index (κ2) is 10.6. The van der Waals surface area contributed by atoms with E-state index in [-0.39, 0.29) is 17.3 Å². The van der Waals surface area contributed by atoms with Crippen molar-refractivity contribution in [3.8, 4) is 0 Å². The lowest BCUT2D eigenvalue weighted by atomic mass is 9.95. The number of nitrogens with one attached hydrogen (secondary N) is 2. The lowest BCUT2D eigenvalue weighted by molar-refractivity contribution is -0.117. The van der Waals surface area contributed by atoms with Crippen LogP contribution in [0.2, 0.25) is 0 Å². The van der Waals surface area contributed by atoms with Gasteiger partial charge < -0.3 is 10.6 Å². The number of hydrogen-bond acceptors (Lipinski definition) is 3. The number of para-hydroxylation sites is 1. The standard InChI is InChI=1S/C29H23FN2O3/c1-19(21-10-7-11-22(18-21)27(33)20-8-3-2-4-9-20)28(34)32-26-13-6-5-12-25(26)29(35)31-24-16-14-23(30)15-17-24/h2-19H,1H3,(H,31,35)(H,32,34)/t19-/m0/s1. The van der Waals surface area contributed by atoms with Gasteiger partial charge in [-0.2, -0.15) is 0 Å². The number of anilines is 2. The molecule has 174 valence electrons. The fourth-order valence-electron chi connectivity index (χ4n) is 3.62. The summed E-state index contributed by atoms with van der Waals surface area (Å²) >= 11 is 0. The summed E-state index contributed by atoms with van der Waals surface area (Å²) in [6.45, 7) is 1.74. The average Bonchev–Trinajstić information content (AvgIpc) is 2.90. The first kappa shape index (κ1) is 23.6. The summed E-state index contributed by atoms with van der Waals surface area (Å²) < 4.78 is 13.1. The molecule has 1 atom stereocenters. The second-order valence-corrected chi connectivity index (χ2v) is 8.04. The summed E-state index contributed by atoms with van der Waals surface area (Å²) in [6, 6.07) is 28.0. The van der Waals surface area contributed by atoms with Crippen LogP contribution in [0.4, 0.5) is 15.8 Å². The quantitative estimate of drug-likeness (QED) is 0.326. The largest absolute Gasteiger partial charge is 0.325 e. The Kier molecular flexibility index (Phi) is 7.12. The lowest BCUT2D eigenvalue weighted by Gasteiger charge is -2.16. The Morgan fingerprint density at radius 2 is 1.37 bits per heavy atom. The first-order valence-corrected chi connectivity index (χ1v) is 11.1. The van der Waals surface area contributed by atoms with Crippen LogP contribution in [-0.4, -0.2) is 17.6 Å². The smallest absolute Gasteiger partial charge is 0.257 e. The van der Waals surface area contributed by atoms with Crippen LogP contribution >= 0.6 is 0 Å². The van der Waals surface area contributed by atoms with Crippen LogP contribution in [0.5, 0.6) is 0 Å². The summed E-state index contributed by atoms with van der Waals surface area (Å²) in [4.78, 5) is 38.7. The molecule has 0 aliphatic carbocycles. The van der Waals surface area contributed by atoms with Gasteiger partial charge in [-0.1, -0.05) is 60.7 Å². The SMILES string of the molecule is C[C@H](C(=O)Nc1ccccc1C(=O)Nc1ccc(F)cc1)c1cccc(C(=O)c2ccccc2)c1. The molecule has 0 aliphatic rings. The van der Waals surface area contributed by atoms with Gasteiger partial charge in [-0.3, -0.25) is 14.4 Å². The second-order valence-electron chi connectivity index (χ2n) is 8.04. The van der Waals surface area contributed by atoms with E-state index in [1.807, 2.05) is 6.07 Å². The fourth-order valence-corrected chi connectivity index (χ4v) is 3.62. The number of amides is 2. The highest BCUT2D eigenvalue weighted by Gasteiger charge is 2.20. The molecule has 0 unspecified atom stereocenters. The van der Waals surface area contributed by atoms with E-state index in [4.69, 9.17) is 0 Å². The monoisotopic (exact) mass is 466 g/mol. The van der Waals surface area contributed by atoms with Crippen molar-refractivity contribution in [2.45, 2.75) is 12.8 Å². The van der Waals surface area contributed by atoms with E-state index in [0.717, 1.165) is 0 Å². The zero-order chi connectivity index (χ0) is 24.8. The molecule has 0 heterocycles. The number of carbonyl (C=O) groups is 3. The minimum Gasteiger partial charge on any atom is -0.325 e. The molecule has 4 aromatic carbocycles. The fraction of sp³-hybridized carbons (Fsp3) is 0.0690. The van der Waals surface area contributed by atoms with Crippen LogP contribution in [0, 0.1) is 5.82 Å². The van der Waals surface area contributed by atoms with E-state index < -0.39 is 17.6 Å². The molecule has 0 saturated heterocycles. The Balaban J connectivity index is 1.50. The van der Waals surface area contributed by atoms with Crippen LogP contribution < -0.4 is 10.6 Å². The van der Waals surface area contributed by atoms with Crippen molar-refractivity contribution in [1.29, 1.82) is 0 Å². The van der Waals surface area contributed by atoms with Crippen LogP contribution in [0.15, 0.2) is 103 Å². The van der Waals surface area contributed by atoms with Gasteiger partial charge in [0, 0.05) is 16.8 Å². The first-order chi connectivity index (χ1) is 16.9. The normalized spacial score (nSPS) is 11.4. The summed E-state index contributed by atoms with van der Waals surface area (Å²) in [6.07, 6.45) is 0. The van der Waals surface area contributed by atoms with E-state index in [9.17, 15) is 18.8 Å². The third kappa shape index (κ3) is 5.68. The lowest BCUT2D eigenvalue weighted by Crippen LogP contribution is -2.22. The zero-order valence-electron chi connectivity index (χ0n) is 19.0. The Morgan fingerprint density at radius 1 is 0.714 bits per heavy atom. The molecule has 2 amide bonds. The summed E-state index contributed by atoms with van der Waals surface area (Å²) in [5.74, 6) is -1.86. The van der Waals surface area contributed by atoms with Crippen molar-refractivity contribution in [2.75, 3.05) is 10.6 Å². The molecule has 0 aliphatic heterocycles. The van der Waals surface area contributed by atoms with Crippen LogP contribution in [0.25, 0.3) is 0 Å². The number of rotatable bonds is 7. The highest BCUT2D eigenvalue weighted by Crippen LogP contribution is 2.23. The van der Waals surface area contributed by atoms with E-state index in [1.165, 1.54) is 24.3 Å². The van der Waals surface area contributed by atoms with Crippen molar-refractivity contribution in [1.82, 2.24) is 0 Å². The molecular formula is C29H23FN2O3. The van der Waals surface area contributed by atoms with Crippen molar-refractivity contribution < 1.29 is 18.8 Å². The third-order valence-corrected chi connectivity index (χ3v) is 5.61. The molecule has 0 radical (unpaired) electrons. The molecule has 0 fully saturated rings. The average molecular weight is 467 g/mol. The van der Waals surface area contributed by atoms with Crippen LogP contribution in [0.1, 0.15) is 44.7 Å². The molecule has 4 aromatic rings. The summed E-state index contributed by atoms with van der Waals surface area (Å²) in [5.41, 5.74) is 2.80. The number of benzene rings is 4. The van der Waals surface area contributed by atoms with Crippen LogP contribution in [-0.2, 0) is 4.79 Å². The minimum atomic E-state index is -0.577. The molecule has 0 bridgehead atoms. The van der Waals surface area contributed by atoms with E-state index >= 15 is 0 Å². The van der Waals surface area contributed by atoms with Gasteiger partial charge in [0.25, 0.3) is 5.91 Å². The van der Waals surface area contributed by atoms with Gasteiger partial charge >= 0.3 is 0 Å². The topological polar surface area (TPSA) is 75.3 Å². The number of ketones is 1. The van der Waals surface area contributed by atoms with E-state index in [2.05, 4.69) is 10.6 Å². The molecule has 0 aromatic heterocycles. The maximum Gasteiger partial charge on any atom is 0.257 e. The van der Waals surface area contributed by atoms with Gasteiger partial charge in [-0.15, -0.1) is 0 Å². The predicted molar refractivity (Wildman–Crippen MR) is 134 cm³/mol. The predicted octanol–water partition coefficient (Wildman–Crippen LogP) is 6.05. The molecule has 6 heteroatoms. The molecule has 5 nitrogen and oxygen atoms in total. The van der Waals surface area contributed by atoms with Crippen molar-refractivity contribution in [3.63, 3.8) is 0 Å². The van der Waals surface area contributed by atoms with Crippen molar-refractivity contribution in [3.05, 3.63) is 131 Å². The number of halogens is 1. The Labute approximate surface area is 202 Å². The molecular weight excluding hydrogens is 443 g/mol. The maximum atomic E-state index is 13.1. The van der Waals surface area contributed by atoms with Gasteiger partial charge in [0.2, 0.25) is 5.91 Å². The molecule has 4 rings (SSSR count). The molecule has 0 saturated carbocycles. The maximum absolute atomic E-state index is 13.1. The molecule has 35 heavy (non-hydrogen) atoms. The van der Waals surface area contributed by atoms with Gasteiger partial charge in [0.15, 0.2) is 5.78 Å². The van der Waals surface area contributed by atoms with Gasteiger partial charge in [0.05, 0.1) is 17.2 Å². The highest BCUT2D eigenvalue weighted by atomic mass is 19.1. The Bertz CT molecular complexity index is 1370. The minimum absolute atomic E-state index is 0.122. The highest BCUT2D eigenvalue weighted by molar-refractivity contribution is 6.11. The molecule has 2 N–H and O–H groups in total. The van der Waals surface area contributed by atoms with Gasteiger partial charge in [0.1, 0.15) is 5.82 Å². The van der Waals surface area contributed by atoms with E-state index in [0.29, 0.717) is 28.1 Å². The van der Waals surface area contributed by atoms with Gasteiger partial charge in [-0.25, -0.2) is 4.39 Å². The Hall–Kier alpha value is -4.58. The van der Waals surface area contributed by atoms with Crippen LogP contribution in [0.3, 0.4) is 0 Å². The summed E-state index contributed by atoms with van der Waals surface area (Å²) in [5, 5.41) is 5.52. The Morgan fingerprint density at radius 3 is 2.11 bits per heavy atom.